The van der Waals surface area contributed by atoms with E-state index in [4.69, 9.17) is 32.7 Å². The summed E-state index contributed by atoms with van der Waals surface area (Å²) in [6.45, 7) is 4.06. The van der Waals surface area contributed by atoms with Crippen LogP contribution in [-0.2, 0) is 9.53 Å². The number of benzene rings is 2. The van der Waals surface area contributed by atoms with Gasteiger partial charge in [-0.3, -0.25) is 4.90 Å². The number of hydrogen-bond donors (Lipinski definition) is 1. The van der Waals surface area contributed by atoms with Gasteiger partial charge in [0.05, 0.1) is 28.9 Å². The Morgan fingerprint density at radius 2 is 1.90 bits per heavy atom. The minimum atomic E-state index is -0.720. The Hall–Kier alpha value is -2.70. The molecule has 3 rings (SSSR count). The summed E-state index contributed by atoms with van der Waals surface area (Å²) >= 11 is 12.3. The van der Waals surface area contributed by atoms with Gasteiger partial charge in [0, 0.05) is 11.6 Å². The van der Waals surface area contributed by atoms with Crippen LogP contribution in [0.1, 0.15) is 25.5 Å². The van der Waals surface area contributed by atoms with Crippen LogP contribution >= 0.6 is 23.2 Å². The van der Waals surface area contributed by atoms with Crippen molar-refractivity contribution in [2.24, 2.45) is 0 Å². The first-order valence-corrected chi connectivity index (χ1v) is 10.3. The second kappa shape index (κ2) is 9.87. The highest BCUT2D eigenvalue weighted by molar-refractivity contribution is 6.32. The van der Waals surface area contributed by atoms with Gasteiger partial charge in [-0.15, -0.1) is 0 Å². The Bertz CT molecular complexity index is 977. The molecular formula is C22H22Cl2N2O4. The van der Waals surface area contributed by atoms with Crippen LogP contribution in [-0.4, -0.2) is 36.7 Å². The van der Waals surface area contributed by atoms with Crippen molar-refractivity contribution < 1.29 is 19.1 Å². The minimum Gasteiger partial charge on any atom is -0.486 e. The van der Waals surface area contributed by atoms with Crippen LogP contribution in [0.4, 0.5) is 4.79 Å². The zero-order chi connectivity index (χ0) is 21.7. The summed E-state index contributed by atoms with van der Waals surface area (Å²) in [5.41, 5.74) is 1.39. The van der Waals surface area contributed by atoms with E-state index in [1.165, 1.54) is 4.90 Å². The van der Waals surface area contributed by atoms with E-state index >= 15 is 0 Å². The first-order chi connectivity index (χ1) is 14.5. The number of esters is 1. The van der Waals surface area contributed by atoms with Gasteiger partial charge in [-0.25, -0.2) is 9.59 Å². The first-order valence-electron chi connectivity index (χ1n) is 9.57. The molecule has 1 N–H and O–H groups in total. The van der Waals surface area contributed by atoms with E-state index in [0.29, 0.717) is 39.2 Å². The van der Waals surface area contributed by atoms with Crippen LogP contribution in [0.3, 0.4) is 0 Å². The van der Waals surface area contributed by atoms with Gasteiger partial charge in [-0.1, -0.05) is 47.5 Å². The van der Waals surface area contributed by atoms with E-state index in [9.17, 15) is 9.59 Å². The molecule has 0 radical (unpaired) electrons. The summed E-state index contributed by atoms with van der Waals surface area (Å²) in [6, 6.07) is 12.9. The molecule has 1 heterocycles. The molecule has 0 bridgehead atoms. The molecule has 1 aliphatic heterocycles. The van der Waals surface area contributed by atoms with Crippen molar-refractivity contribution in [3.63, 3.8) is 0 Å². The molecule has 2 amide bonds. The molecule has 0 spiro atoms. The van der Waals surface area contributed by atoms with Crippen molar-refractivity contribution in [2.75, 3.05) is 19.8 Å². The van der Waals surface area contributed by atoms with Gasteiger partial charge in [0.25, 0.3) is 0 Å². The Kier molecular flexibility index (Phi) is 7.24. The van der Waals surface area contributed by atoms with Gasteiger partial charge in [-0.05, 0) is 43.7 Å². The lowest BCUT2D eigenvalue weighted by Crippen LogP contribution is -2.49. The standard InChI is InChI=1S/C22H22Cl2N2O4/c1-3-26-17(13-30-18-11-6-5-10-16(18)24)19(21(27)29-4-2)20(25-22(26)28)14-8-7-9-15(23)12-14/h5-12,20H,3-4,13H2,1-2H3,(H,25,28)/t20-/m0/s1. The van der Waals surface area contributed by atoms with Crippen LogP contribution in [0.25, 0.3) is 0 Å². The third kappa shape index (κ3) is 4.71. The van der Waals surface area contributed by atoms with E-state index in [0.717, 1.165) is 0 Å². The van der Waals surface area contributed by atoms with Crippen molar-refractivity contribution in [3.8, 4) is 5.75 Å². The molecule has 2 aromatic rings. The molecule has 0 aromatic heterocycles. The number of para-hydroxylation sites is 1. The number of halogens is 2. The molecule has 0 fully saturated rings. The van der Waals surface area contributed by atoms with Crippen molar-refractivity contribution in [2.45, 2.75) is 19.9 Å². The lowest BCUT2D eigenvalue weighted by atomic mass is 9.94. The summed E-state index contributed by atoms with van der Waals surface area (Å²) in [5, 5.41) is 3.81. The average Bonchev–Trinajstić information content (AvgIpc) is 2.72. The third-order valence-corrected chi connectivity index (χ3v) is 5.18. The average molecular weight is 449 g/mol. The normalized spacial score (nSPS) is 16.3. The molecule has 8 heteroatoms. The van der Waals surface area contributed by atoms with Gasteiger partial charge in [0.1, 0.15) is 12.4 Å². The molecule has 0 saturated heterocycles. The quantitative estimate of drug-likeness (QED) is 0.606. The third-order valence-electron chi connectivity index (χ3n) is 4.63. The number of rotatable bonds is 7. The molecule has 6 nitrogen and oxygen atoms in total. The Labute approximate surface area is 185 Å². The SMILES string of the molecule is CCOC(=O)C1=C(COc2ccccc2Cl)N(CC)C(=O)N[C@H]1c1cccc(Cl)c1. The maximum Gasteiger partial charge on any atom is 0.338 e. The number of nitrogens with one attached hydrogen (secondary N) is 1. The number of amides is 2. The molecule has 30 heavy (non-hydrogen) atoms. The topological polar surface area (TPSA) is 67.9 Å². The Morgan fingerprint density at radius 1 is 1.13 bits per heavy atom. The van der Waals surface area contributed by atoms with E-state index in [1.807, 2.05) is 6.92 Å². The number of urea groups is 1. The number of carbonyl (C=O) groups is 2. The van der Waals surface area contributed by atoms with Crippen molar-refractivity contribution in [1.82, 2.24) is 10.2 Å². The molecular weight excluding hydrogens is 427 g/mol. The van der Waals surface area contributed by atoms with Crippen LogP contribution in [0, 0.1) is 0 Å². The van der Waals surface area contributed by atoms with Gasteiger partial charge in [0.2, 0.25) is 0 Å². The molecule has 158 valence electrons. The van der Waals surface area contributed by atoms with E-state index in [-0.39, 0.29) is 19.2 Å². The molecule has 0 aliphatic carbocycles. The summed E-state index contributed by atoms with van der Waals surface area (Å²) < 4.78 is 11.2. The maximum absolute atomic E-state index is 13.0. The molecule has 0 unspecified atom stereocenters. The fourth-order valence-electron chi connectivity index (χ4n) is 3.29. The monoisotopic (exact) mass is 448 g/mol. The van der Waals surface area contributed by atoms with E-state index in [2.05, 4.69) is 5.32 Å². The lowest BCUT2D eigenvalue weighted by Gasteiger charge is -2.36. The molecule has 2 aromatic carbocycles. The van der Waals surface area contributed by atoms with Crippen molar-refractivity contribution >= 4 is 35.2 Å². The zero-order valence-electron chi connectivity index (χ0n) is 16.7. The summed E-state index contributed by atoms with van der Waals surface area (Å²) in [5.74, 6) is -0.0742. The number of nitrogens with zero attached hydrogens (tertiary/aromatic N) is 1. The van der Waals surface area contributed by atoms with E-state index < -0.39 is 12.0 Å². The number of hydrogen-bond acceptors (Lipinski definition) is 4. The highest BCUT2D eigenvalue weighted by Gasteiger charge is 2.38. The highest BCUT2D eigenvalue weighted by Crippen LogP contribution is 2.33. The predicted octanol–water partition coefficient (Wildman–Crippen LogP) is 4.98. The van der Waals surface area contributed by atoms with Crippen LogP contribution < -0.4 is 10.1 Å². The highest BCUT2D eigenvalue weighted by atomic mass is 35.5. The fraction of sp³-hybridized carbons (Fsp3) is 0.273. The number of carbonyl (C=O) groups excluding carboxylic acids is 2. The minimum absolute atomic E-state index is 0.0315. The number of likely N-dealkylation sites (N-methyl/N-ethyl adjacent to an activating group) is 1. The summed E-state index contributed by atoms with van der Waals surface area (Å²) in [4.78, 5) is 27.2. The van der Waals surface area contributed by atoms with Crippen molar-refractivity contribution in [1.29, 1.82) is 0 Å². The second-order valence-corrected chi connectivity index (χ2v) is 7.33. The van der Waals surface area contributed by atoms with Crippen LogP contribution in [0.2, 0.25) is 10.0 Å². The smallest absolute Gasteiger partial charge is 0.338 e. The van der Waals surface area contributed by atoms with Crippen LogP contribution in [0.5, 0.6) is 5.75 Å². The summed E-state index contributed by atoms with van der Waals surface area (Å²) in [6.07, 6.45) is 0. The zero-order valence-corrected chi connectivity index (χ0v) is 18.2. The Balaban J connectivity index is 2.09. The van der Waals surface area contributed by atoms with Gasteiger partial charge in [0.15, 0.2) is 0 Å². The Morgan fingerprint density at radius 3 is 2.57 bits per heavy atom. The lowest BCUT2D eigenvalue weighted by molar-refractivity contribution is -0.139. The maximum atomic E-state index is 13.0. The van der Waals surface area contributed by atoms with Gasteiger partial charge >= 0.3 is 12.0 Å². The van der Waals surface area contributed by atoms with Crippen LogP contribution in [0.15, 0.2) is 59.8 Å². The largest absolute Gasteiger partial charge is 0.486 e. The van der Waals surface area contributed by atoms with Gasteiger partial charge in [-0.2, -0.15) is 0 Å². The summed E-state index contributed by atoms with van der Waals surface area (Å²) in [7, 11) is 0. The van der Waals surface area contributed by atoms with Gasteiger partial charge < -0.3 is 14.8 Å². The molecule has 1 atom stereocenters. The van der Waals surface area contributed by atoms with Crippen molar-refractivity contribution in [3.05, 3.63) is 75.4 Å². The predicted molar refractivity (Wildman–Crippen MR) is 116 cm³/mol. The molecule has 0 saturated carbocycles. The van der Waals surface area contributed by atoms with E-state index in [1.54, 1.807) is 55.5 Å². The second-order valence-electron chi connectivity index (χ2n) is 6.48. The first kappa shape index (κ1) is 22.0. The molecule has 1 aliphatic rings. The number of ether oxygens (including phenoxy) is 2. The fourth-order valence-corrected chi connectivity index (χ4v) is 3.68.